The van der Waals surface area contributed by atoms with E-state index in [1.807, 2.05) is 11.8 Å². The van der Waals surface area contributed by atoms with E-state index in [-0.39, 0.29) is 17.2 Å². The summed E-state index contributed by atoms with van der Waals surface area (Å²) in [5.74, 6) is -3.95. The van der Waals surface area contributed by atoms with Crippen LogP contribution in [-0.4, -0.2) is 93.1 Å². The fraction of sp³-hybridized carbons (Fsp3) is 0.526. The number of rotatable bonds is 8. The highest BCUT2D eigenvalue weighted by Crippen LogP contribution is 2.25. The summed E-state index contributed by atoms with van der Waals surface area (Å²) < 4.78 is 56.8. The molecule has 1 aromatic rings. The molecule has 1 amide bonds. The molecule has 0 atom stereocenters. The molecule has 15 heteroatoms. The van der Waals surface area contributed by atoms with Crippen molar-refractivity contribution in [2.75, 3.05) is 55.1 Å². The Morgan fingerprint density at radius 2 is 1.65 bits per heavy atom. The molecule has 1 aromatic carbocycles. The maximum Gasteiger partial charge on any atom is 0.490 e. The zero-order valence-electron chi connectivity index (χ0n) is 18.6. The number of sulfonamides is 1. The Morgan fingerprint density at radius 1 is 1.09 bits per heavy atom. The predicted molar refractivity (Wildman–Crippen MR) is 118 cm³/mol. The standard InChI is InChI=1S/C17H26N4O5S.C2HF3O2/c1-3-6-18-16(22)12-20-7-9-21(10-8-20)13-4-5-15(19-27(2,25)26)14(11-13)17(23)24;3-2(4,5)1(6)7/h4-5,11,19H,3,6-10,12H2,1-2H3,(H,18,22)(H,23,24);(H,6,7). The monoisotopic (exact) mass is 512 g/mol. The quantitative estimate of drug-likeness (QED) is 0.400. The number of nitrogens with one attached hydrogen (secondary N) is 2. The molecule has 2 rings (SSSR count). The number of carbonyl (C=O) groups excluding carboxylic acids is 1. The number of carbonyl (C=O) groups is 3. The molecule has 0 radical (unpaired) electrons. The second-order valence-corrected chi connectivity index (χ2v) is 9.07. The van der Waals surface area contributed by atoms with Crippen molar-refractivity contribution in [3.63, 3.8) is 0 Å². The van der Waals surface area contributed by atoms with Crippen molar-refractivity contribution in [2.45, 2.75) is 19.5 Å². The molecule has 0 aromatic heterocycles. The number of nitrogens with zero attached hydrogens (tertiary/aromatic N) is 2. The number of carboxylic acids is 2. The Morgan fingerprint density at radius 3 is 2.09 bits per heavy atom. The third-order valence-electron chi connectivity index (χ3n) is 4.45. The van der Waals surface area contributed by atoms with Crippen LogP contribution in [0.3, 0.4) is 0 Å². The normalized spacial score (nSPS) is 14.6. The molecule has 11 nitrogen and oxygen atoms in total. The largest absolute Gasteiger partial charge is 0.490 e. The number of hydrogen-bond acceptors (Lipinski definition) is 7. The highest BCUT2D eigenvalue weighted by molar-refractivity contribution is 7.92. The van der Waals surface area contributed by atoms with Gasteiger partial charge in [0, 0.05) is 38.4 Å². The van der Waals surface area contributed by atoms with Crippen molar-refractivity contribution in [3.8, 4) is 0 Å². The molecule has 1 heterocycles. The lowest BCUT2D eigenvalue weighted by Crippen LogP contribution is -2.49. The molecule has 1 aliphatic heterocycles. The molecular formula is C19H27F3N4O7S. The number of hydrogen-bond donors (Lipinski definition) is 4. The molecule has 0 aliphatic carbocycles. The minimum absolute atomic E-state index is 0.00895. The van der Waals surface area contributed by atoms with E-state index in [4.69, 9.17) is 9.90 Å². The fourth-order valence-corrected chi connectivity index (χ4v) is 3.46. The number of piperazine rings is 1. The van der Waals surface area contributed by atoms with Crippen molar-refractivity contribution < 1.29 is 46.2 Å². The molecule has 4 N–H and O–H groups in total. The van der Waals surface area contributed by atoms with Gasteiger partial charge >= 0.3 is 18.1 Å². The molecular weight excluding hydrogens is 485 g/mol. The van der Waals surface area contributed by atoms with Crippen molar-refractivity contribution in [2.24, 2.45) is 0 Å². The average Bonchev–Trinajstić information content (AvgIpc) is 2.71. The van der Waals surface area contributed by atoms with Crippen LogP contribution in [-0.2, 0) is 19.6 Å². The van der Waals surface area contributed by atoms with Crippen LogP contribution < -0.4 is 14.9 Å². The molecule has 34 heavy (non-hydrogen) atoms. The number of benzene rings is 1. The number of anilines is 2. The van der Waals surface area contributed by atoms with Crippen LogP contribution in [0.15, 0.2) is 18.2 Å². The molecule has 0 spiro atoms. The van der Waals surface area contributed by atoms with Crippen LogP contribution in [0.5, 0.6) is 0 Å². The first-order valence-electron chi connectivity index (χ1n) is 10.0. The summed E-state index contributed by atoms with van der Waals surface area (Å²) in [5, 5.41) is 19.4. The van der Waals surface area contributed by atoms with Crippen LogP contribution in [0.1, 0.15) is 23.7 Å². The third kappa shape index (κ3) is 10.2. The Hall–Kier alpha value is -3.07. The van der Waals surface area contributed by atoms with Crippen molar-refractivity contribution >= 4 is 39.2 Å². The average molecular weight is 513 g/mol. The Bertz CT molecular complexity index is 979. The molecule has 0 unspecified atom stereocenters. The lowest BCUT2D eigenvalue weighted by molar-refractivity contribution is -0.192. The Labute approximate surface area is 194 Å². The summed E-state index contributed by atoms with van der Waals surface area (Å²) in [4.78, 5) is 36.3. The maximum atomic E-state index is 11.8. The van der Waals surface area contributed by atoms with E-state index in [0.717, 1.165) is 12.7 Å². The predicted octanol–water partition coefficient (Wildman–Crippen LogP) is 1.04. The fourth-order valence-electron chi connectivity index (χ4n) is 2.88. The second kappa shape index (κ2) is 12.4. The zero-order valence-corrected chi connectivity index (χ0v) is 19.4. The van der Waals surface area contributed by atoms with E-state index in [2.05, 4.69) is 14.9 Å². The van der Waals surface area contributed by atoms with Crippen LogP contribution in [0, 0.1) is 0 Å². The van der Waals surface area contributed by atoms with Gasteiger partial charge in [0.15, 0.2) is 0 Å². The highest BCUT2D eigenvalue weighted by atomic mass is 32.2. The van der Waals surface area contributed by atoms with Gasteiger partial charge in [0.1, 0.15) is 0 Å². The van der Waals surface area contributed by atoms with Crippen LogP contribution >= 0.6 is 0 Å². The lowest BCUT2D eigenvalue weighted by Gasteiger charge is -2.36. The minimum Gasteiger partial charge on any atom is -0.478 e. The van der Waals surface area contributed by atoms with Gasteiger partial charge in [-0.05, 0) is 24.6 Å². The topological polar surface area (TPSA) is 156 Å². The van der Waals surface area contributed by atoms with E-state index in [1.54, 1.807) is 6.07 Å². The smallest absolute Gasteiger partial charge is 0.478 e. The summed E-state index contributed by atoms with van der Waals surface area (Å²) in [5.41, 5.74) is 0.654. The summed E-state index contributed by atoms with van der Waals surface area (Å²) in [7, 11) is -3.57. The molecule has 0 bridgehead atoms. The second-order valence-electron chi connectivity index (χ2n) is 7.33. The number of aliphatic carboxylic acids is 1. The molecule has 1 fully saturated rings. The lowest BCUT2D eigenvalue weighted by atomic mass is 10.1. The Kier molecular flexibility index (Phi) is 10.6. The zero-order chi connectivity index (χ0) is 26.1. The summed E-state index contributed by atoms with van der Waals surface area (Å²) in [6.45, 7) is 5.70. The van der Waals surface area contributed by atoms with Crippen LogP contribution in [0.4, 0.5) is 24.5 Å². The van der Waals surface area contributed by atoms with Crippen molar-refractivity contribution in [1.82, 2.24) is 10.2 Å². The van der Waals surface area contributed by atoms with Gasteiger partial charge < -0.3 is 20.4 Å². The number of aromatic carboxylic acids is 1. The van der Waals surface area contributed by atoms with Gasteiger partial charge in [-0.1, -0.05) is 6.92 Å². The first-order chi connectivity index (χ1) is 15.6. The number of alkyl halides is 3. The van der Waals surface area contributed by atoms with Gasteiger partial charge in [0.2, 0.25) is 15.9 Å². The van der Waals surface area contributed by atoms with E-state index in [1.165, 1.54) is 12.1 Å². The molecule has 0 saturated carbocycles. The SMILES string of the molecule is CCCNC(=O)CN1CCN(c2ccc(NS(C)(=O)=O)c(C(=O)O)c2)CC1.O=C(O)C(F)(F)F. The van der Waals surface area contributed by atoms with Gasteiger partial charge in [0.25, 0.3) is 0 Å². The van der Waals surface area contributed by atoms with E-state index >= 15 is 0 Å². The molecule has 1 saturated heterocycles. The molecule has 1 aliphatic rings. The third-order valence-corrected chi connectivity index (χ3v) is 5.04. The van der Waals surface area contributed by atoms with Gasteiger partial charge in [-0.25, -0.2) is 18.0 Å². The van der Waals surface area contributed by atoms with E-state index in [9.17, 15) is 36.3 Å². The highest BCUT2D eigenvalue weighted by Gasteiger charge is 2.38. The van der Waals surface area contributed by atoms with Crippen LogP contribution in [0.2, 0.25) is 0 Å². The van der Waals surface area contributed by atoms with Crippen molar-refractivity contribution in [3.05, 3.63) is 23.8 Å². The summed E-state index contributed by atoms with van der Waals surface area (Å²) in [6, 6.07) is 4.63. The number of carboxylic acid groups (broad SMARTS) is 2. The number of halogens is 3. The van der Waals surface area contributed by atoms with Gasteiger partial charge in [-0.2, -0.15) is 13.2 Å². The Balaban J connectivity index is 0.000000718. The number of amides is 1. The molecule has 192 valence electrons. The maximum absolute atomic E-state index is 11.8. The van der Waals surface area contributed by atoms with Crippen molar-refractivity contribution in [1.29, 1.82) is 0 Å². The van der Waals surface area contributed by atoms with Gasteiger partial charge in [0.05, 0.1) is 24.1 Å². The van der Waals surface area contributed by atoms with Gasteiger partial charge in [-0.3, -0.25) is 14.4 Å². The first-order valence-corrected chi connectivity index (χ1v) is 11.9. The minimum atomic E-state index is -5.08. The first kappa shape index (κ1) is 29.0. The van der Waals surface area contributed by atoms with Crippen LogP contribution in [0.25, 0.3) is 0 Å². The summed E-state index contributed by atoms with van der Waals surface area (Å²) >= 11 is 0. The van der Waals surface area contributed by atoms with Gasteiger partial charge in [-0.15, -0.1) is 0 Å². The summed E-state index contributed by atoms with van der Waals surface area (Å²) in [6.07, 6.45) is -3.21. The van der Waals surface area contributed by atoms with E-state index < -0.39 is 28.1 Å². The van der Waals surface area contributed by atoms with E-state index in [0.29, 0.717) is 45.0 Å².